The fraction of sp³-hybridized carbons (Fsp3) is 0.348. The fourth-order valence-electron chi connectivity index (χ4n) is 3.92. The number of carbonyl (C=O) groups is 1. The van der Waals surface area contributed by atoms with Gasteiger partial charge in [-0.2, -0.15) is 0 Å². The Balaban J connectivity index is 1.53. The second-order valence-electron chi connectivity index (χ2n) is 7.57. The van der Waals surface area contributed by atoms with Gasteiger partial charge in [-0.25, -0.2) is 4.79 Å². The number of nitrogens with one attached hydrogen (secondary N) is 1. The zero-order chi connectivity index (χ0) is 20.9. The molecule has 3 aromatic rings. The minimum atomic E-state index is -0.500. The summed E-state index contributed by atoms with van der Waals surface area (Å²) in [5.41, 5.74) is 0.672. The molecule has 30 heavy (non-hydrogen) atoms. The summed E-state index contributed by atoms with van der Waals surface area (Å²) < 4.78 is 7.19. The maximum Gasteiger partial charge on any atom is 0.328 e. The van der Waals surface area contributed by atoms with Crippen molar-refractivity contribution in [1.82, 2.24) is 14.5 Å². The van der Waals surface area contributed by atoms with Crippen LogP contribution < -0.4 is 11.2 Å². The second-order valence-corrected chi connectivity index (χ2v) is 7.57. The highest BCUT2D eigenvalue weighted by Crippen LogP contribution is 2.16. The molecule has 1 N–H and O–H groups in total. The molecule has 1 aliphatic rings. The van der Waals surface area contributed by atoms with Crippen LogP contribution in [0.5, 0.6) is 0 Å². The Hall–Kier alpha value is -3.19. The third-order valence-electron chi connectivity index (χ3n) is 5.47. The Morgan fingerprint density at radius 2 is 1.87 bits per heavy atom. The van der Waals surface area contributed by atoms with Crippen molar-refractivity contribution in [3.8, 4) is 0 Å². The average molecular weight is 407 g/mol. The highest BCUT2D eigenvalue weighted by Gasteiger charge is 2.23. The maximum atomic E-state index is 13.1. The smallest absolute Gasteiger partial charge is 0.328 e. The predicted octanol–water partition coefficient (Wildman–Crippen LogP) is 2.29. The number of hydrogen-bond acceptors (Lipinski definition) is 4. The molecule has 0 bridgehead atoms. The van der Waals surface area contributed by atoms with Crippen molar-refractivity contribution in [2.75, 3.05) is 13.2 Å². The van der Waals surface area contributed by atoms with E-state index in [0.717, 1.165) is 25.0 Å². The van der Waals surface area contributed by atoms with E-state index in [1.165, 1.54) is 4.57 Å². The summed E-state index contributed by atoms with van der Waals surface area (Å²) in [6.45, 7) is 1.97. The summed E-state index contributed by atoms with van der Waals surface area (Å²) in [6.07, 6.45) is 2.17. The van der Waals surface area contributed by atoms with Gasteiger partial charge in [-0.15, -0.1) is 0 Å². The number of ether oxygens (including phenoxy) is 1. The highest BCUT2D eigenvalue weighted by atomic mass is 16.5. The van der Waals surface area contributed by atoms with Gasteiger partial charge in [-0.1, -0.05) is 42.5 Å². The minimum absolute atomic E-state index is 0.0449. The van der Waals surface area contributed by atoms with Crippen LogP contribution in [-0.4, -0.2) is 39.6 Å². The summed E-state index contributed by atoms with van der Waals surface area (Å²) in [7, 11) is 0. The Morgan fingerprint density at radius 3 is 2.63 bits per heavy atom. The predicted molar refractivity (Wildman–Crippen MR) is 114 cm³/mol. The molecule has 7 nitrogen and oxygen atoms in total. The lowest BCUT2D eigenvalue weighted by Gasteiger charge is -2.26. The van der Waals surface area contributed by atoms with Gasteiger partial charge in [0, 0.05) is 32.7 Å². The van der Waals surface area contributed by atoms with Gasteiger partial charge in [0.05, 0.1) is 17.0 Å². The van der Waals surface area contributed by atoms with Gasteiger partial charge in [0.2, 0.25) is 5.91 Å². The van der Waals surface area contributed by atoms with E-state index in [9.17, 15) is 14.4 Å². The number of fused-ring (bicyclic) bond motifs is 1. The Bertz CT molecular complexity index is 1130. The zero-order valence-electron chi connectivity index (χ0n) is 16.8. The summed E-state index contributed by atoms with van der Waals surface area (Å²) in [6, 6.07) is 16.8. The number of para-hydroxylation sites is 1. The van der Waals surface area contributed by atoms with E-state index in [-0.39, 0.29) is 25.0 Å². The zero-order valence-corrected chi connectivity index (χ0v) is 16.8. The second kappa shape index (κ2) is 9.09. The van der Waals surface area contributed by atoms with E-state index in [2.05, 4.69) is 4.98 Å². The number of nitrogens with zero attached hydrogens (tertiary/aromatic N) is 2. The summed E-state index contributed by atoms with van der Waals surface area (Å²) in [4.78, 5) is 41.7. The Morgan fingerprint density at radius 1 is 1.10 bits per heavy atom. The summed E-state index contributed by atoms with van der Waals surface area (Å²) in [5.74, 6) is -0.0449. The molecule has 0 radical (unpaired) electrons. The van der Waals surface area contributed by atoms with Crippen molar-refractivity contribution >= 4 is 16.8 Å². The standard InChI is InChI=1S/C23H25N3O4/c27-21(12-13-26-20-11-5-4-10-19(20)22(28)24-23(26)29)25(16-18-9-6-14-30-18)15-17-7-2-1-3-8-17/h1-5,7-8,10-11,18H,6,9,12-16H2,(H,24,28,29). The van der Waals surface area contributed by atoms with Crippen LogP contribution in [-0.2, 0) is 22.6 Å². The van der Waals surface area contributed by atoms with Crippen molar-refractivity contribution < 1.29 is 9.53 Å². The number of rotatable bonds is 7. The van der Waals surface area contributed by atoms with E-state index >= 15 is 0 Å². The van der Waals surface area contributed by atoms with E-state index in [0.29, 0.717) is 24.0 Å². The molecule has 1 amide bonds. The first-order valence-corrected chi connectivity index (χ1v) is 10.3. The molecule has 1 aliphatic heterocycles. The molecule has 1 saturated heterocycles. The molecule has 7 heteroatoms. The van der Waals surface area contributed by atoms with Crippen LogP contribution >= 0.6 is 0 Å². The molecule has 156 valence electrons. The lowest BCUT2D eigenvalue weighted by Crippen LogP contribution is -2.38. The first-order valence-electron chi connectivity index (χ1n) is 10.3. The van der Waals surface area contributed by atoms with Crippen LogP contribution in [0.3, 0.4) is 0 Å². The lowest BCUT2D eigenvalue weighted by atomic mass is 10.1. The van der Waals surface area contributed by atoms with Crippen molar-refractivity contribution in [3.63, 3.8) is 0 Å². The van der Waals surface area contributed by atoms with Gasteiger partial charge >= 0.3 is 5.69 Å². The number of amides is 1. The molecule has 1 unspecified atom stereocenters. The van der Waals surface area contributed by atoms with Crippen LogP contribution in [0.25, 0.3) is 10.9 Å². The third-order valence-corrected chi connectivity index (χ3v) is 5.47. The molecule has 1 fully saturated rings. The van der Waals surface area contributed by atoms with Gasteiger partial charge in [-0.05, 0) is 30.5 Å². The molecule has 0 saturated carbocycles. The van der Waals surface area contributed by atoms with Crippen LogP contribution in [0.2, 0.25) is 0 Å². The average Bonchev–Trinajstić information content (AvgIpc) is 3.27. The van der Waals surface area contributed by atoms with Crippen molar-refractivity contribution in [2.24, 2.45) is 0 Å². The van der Waals surface area contributed by atoms with Gasteiger partial charge in [0.25, 0.3) is 5.56 Å². The minimum Gasteiger partial charge on any atom is -0.376 e. The van der Waals surface area contributed by atoms with Crippen molar-refractivity contribution in [3.05, 3.63) is 81.0 Å². The van der Waals surface area contributed by atoms with Crippen molar-refractivity contribution in [2.45, 2.75) is 38.5 Å². The first kappa shape index (κ1) is 20.1. The molecule has 0 aliphatic carbocycles. The summed E-state index contributed by atoms with van der Waals surface area (Å²) >= 11 is 0. The number of H-pyrrole nitrogens is 1. The number of hydrogen-bond donors (Lipinski definition) is 1. The highest BCUT2D eigenvalue weighted by molar-refractivity contribution is 5.79. The third kappa shape index (κ3) is 4.52. The number of aryl methyl sites for hydroxylation is 1. The summed E-state index contributed by atoms with van der Waals surface area (Å²) in [5, 5.41) is 0.435. The SMILES string of the molecule is O=C(CCn1c(=O)[nH]c(=O)c2ccccc21)N(Cc1ccccc1)CC1CCCO1. The number of aromatic nitrogens is 2. The molecular weight excluding hydrogens is 382 g/mol. The molecule has 2 aromatic carbocycles. The van der Waals surface area contributed by atoms with E-state index in [1.54, 1.807) is 24.3 Å². The monoisotopic (exact) mass is 407 g/mol. The van der Waals surface area contributed by atoms with E-state index in [4.69, 9.17) is 4.74 Å². The molecule has 1 atom stereocenters. The quantitative estimate of drug-likeness (QED) is 0.651. The first-order chi connectivity index (χ1) is 14.6. The van der Waals surface area contributed by atoms with Crippen LogP contribution in [0, 0.1) is 0 Å². The molecule has 0 spiro atoms. The number of carbonyl (C=O) groups excluding carboxylic acids is 1. The fourth-order valence-corrected chi connectivity index (χ4v) is 3.92. The Kier molecular flexibility index (Phi) is 6.09. The van der Waals surface area contributed by atoms with Gasteiger partial charge in [-0.3, -0.25) is 19.1 Å². The van der Waals surface area contributed by atoms with Gasteiger partial charge in [0.1, 0.15) is 0 Å². The maximum absolute atomic E-state index is 13.1. The number of aromatic amines is 1. The Labute approximate surface area is 173 Å². The normalized spacial score (nSPS) is 16.1. The van der Waals surface area contributed by atoms with Crippen molar-refractivity contribution in [1.29, 1.82) is 0 Å². The molecule has 4 rings (SSSR count). The van der Waals surface area contributed by atoms with Gasteiger partial charge in [0.15, 0.2) is 0 Å². The van der Waals surface area contributed by atoms with E-state index in [1.807, 2.05) is 35.2 Å². The van der Waals surface area contributed by atoms with E-state index < -0.39 is 11.2 Å². The van der Waals surface area contributed by atoms with Crippen LogP contribution in [0.15, 0.2) is 64.2 Å². The van der Waals surface area contributed by atoms with Crippen LogP contribution in [0.4, 0.5) is 0 Å². The molecule has 2 heterocycles. The number of benzene rings is 2. The van der Waals surface area contributed by atoms with Gasteiger partial charge < -0.3 is 9.64 Å². The lowest BCUT2D eigenvalue weighted by molar-refractivity contribution is -0.133. The largest absolute Gasteiger partial charge is 0.376 e. The molecule has 1 aromatic heterocycles. The van der Waals surface area contributed by atoms with Crippen LogP contribution in [0.1, 0.15) is 24.8 Å². The topological polar surface area (TPSA) is 84.4 Å². The molecular formula is C23H25N3O4.